The van der Waals surface area contributed by atoms with Crippen molar-refractivity contribution in [2.45, 2.75) is 13.0 Å². The van der Waals surface area contributed by atoms with Crippen molar-refractivity contribution in [3.05, 3.63) is 34.3 Å². The Labute approximate surface area is 91.5 Å². The van der Waals surface area contributed by atoms with E-state index in [1.54, 1.807) is 19.2 Å². The number of aromatic nitrogens is 2. The van der Waals surface area contributed by atoms with E-state index in [2.05, 4.69) is 9.84 Å². The van der Waals surface area contributed by atoms with Crippen LogP contribution in [0, 0.1) is 10.1 Å². The van der Waals surface area contributed by atoms with Crippen LogP contribution in [-0.4, -0.2) is 27.8 Å². The summed E-state index contributed by atoms with van der Waals surface area (Å²) in [5.74, 6) is -0.423. The highest BCUT2D eigenvalue weighted by molar-refractivity contribution is 5.73. The first-order chi connectivity index (χ1) is 7.54. The first-order valence-electron chi connectivity index (χ1n) is 4.49. The summed E-state index contributed by atoms with van der Waals surface area (Å²) in [7, 11) is 1.29. The number of esters is 1. The molecule has 0 N–H and O–H groups in total. The Morgan fingerprint density at radius 2 is 2.44 bits per heavy atom. The van der Waals surface area contributed by atoms with Gasteiger partial charge in [-0.05, 0) is 13.0 Å². The molecule has 1 aromatic rings. The number of nitro groups is 1. The Hall–Kier alpha value is -2.18. The van der Waals surface area contributed by atoms with Crippen molar-refractivity contribution in [2.75, 3.05) is 7.11 Å². The van der Waals surface area contributed by atoms with Gasteiger partial charge in [-0.2, -0.15) is 5.10 Å². The van der Waals surface area contributed by atoms with Crippen LogP contribution in [0.1, 0.15) is 18.7 Å². The minimum atomic E-state index is -0.581. The summed E-state index contributed by atoms with van der Waals surface area (Å²) in [6, 6.07) is 1.02. The van der Waals surface area contributed by atoms with Gasteiger partial charge in [-0.15, -0.1) is 0 Å². The second-order valence-electron chi connectivity index (χ2n) is 3.02. The molecule has 0 radical (unpaired) electrons. The summed E-state index contributed by atoms with van der Waals surface area (Å²) in [5, 5.41) is 14.1. The summed E-state index contributed by atoms with van der Waals surface area (Å²) in [6.07, 6.45) is 3.59. The molecule has 0 aliphatic carbocycles. The maximum Gasteiger partial charge on any atom is 0.330 e. The first-order valence-corrected chi connectivity index (χ1v) is 4.49. The van der Waals surface area contributed by atoms with E-state index in [9.17, 15) is 14.9 Å². The molecule has 16 heavy (non-hydrogen) atoms. The molecular formula is C9H11N3O4. The van der Waals surface area contributed by atoms with Crippen molar-refractivity contribution < 1.29 is 14.5 Å². The van der Waals surface area contributed by atoms with Gasteiger partial charge in [0, 0.05) is 12.3 Å². The smallest absolute Gasteiger partial charge is 0.330 e. The van der Waals surface area contributed by atoms with Crippen LogP contribution in [-0.2, 0) is 9.53 Å². The Balaban J connectivity index is 2.78. The van der Waals surface area contributed by atoms with E-state index >= 15 is 0 Å². The summed E-state index contributed by atoms with van der Waals surface area (Å²) < 4.78 is 5.93. The molecule has 1 aromatic heterocycles. The lowest BCUT2D eigenvalue weighted by atomic mass is 10.3. The fraction of sp³-hybridized carbons (Fsp3) is 0.333. The molecule has 0 aromatic carbocycles. The van der Waals surface area contributed by atoms with Gasteiger partial charge < -0.3 is 4.74 Å². The minimum absolute atomic E-state index is 0.410. The van der Waals surface area contributed by atoms with Crippen LogP contribution < -0.4 is 0 Å². The monoisotopic (exact) mass is 225 g/mol. The predicted molar refractivity (Wildman–Crippen MR) is 55.0 cm³/mol. The van der Waals surface area contributed by atoms with Crippen molar-refractivity contribution >= 4 is 12.0 Å². The fourth-order valence-corrected chi connectivity index (χ4v) is 1.07. The molecule has 0 amide bonds. The lowest BCUT2D eigenvalue weighted by molar-refractivity contribution is -0.401. The molecule has 0 aliphatic rings. The van der Waals surface area contributed by atoms with Crippen molar-refractivity contribution in [1.29, 1.82) is 0 Å². The Morgan fingerprint density at radius 1 is 1.75 bits per heavy atom. The Bertz CT molecular complexity index is 424. The normalized spacial score (nSPS) is 12.6. The van der Waals surface area contributed by atoms with Crippen LogP contribution in [0.15, 0.2) is 18.5 Å². The van der Waals surface area contributed by atoms with Gasteiger partial charge in [-0.3, -0.25) is 14.8 Å². The molecule has 86 valence electrons. The van der Waals surface area contributed by atoms with Crippen LogP contribution >= 0.6 is 0 Å². The fourth-order valence-electron chi connectivity index (χ4n) is 1.07. The first kappa shape index (κ1) is 11.9. The quantitative estimate of drug-likeness (QED) is 0.431. The largest absolute Gasteiger partial charge is 0.467 e. The van der Waals surface area contributed by atoms with Crippen LogP contribution in [0.5, 0.6) is 0 Å². The number of carbonyl (C=O) groups excluding carboxylic acids is 1. The highest BCUT2D eigenvalue weighted by atomic mass is 16.6. The topological polar surface area (TPSA) is 87.3 Å². The van der Waals surface area contributed by atoms with Gasteiger partial charge in [0.2, 0.25) is 6.20 Å². The molecule has 0 spiro atoms. The summed E-state index contributed by atoms with van der Waals surface area (Å²) >= 11 is 0. The van der Waals surface area contributed by atoms with E-state index in [-0.39, 0.29) is 0 Å². The summed E-state index contributed by atoms with van der Waals surface area (Å²) in [4.78, 5) is 20.7. The lowest BCUT2D eigenvalue weighted by Gasteiger charge is -2.08. The molecule has 0 saturated heterocycles. The molecule has 1 unspecified atom stereocenters. The van der Waals surface area contributed by atoms with Crippen molar-refractivity contribution in [3.63, 3.8) is 0 Å². The standard InChI is InChI=1S/C9H11N3O4/c1-7(9(13)16-2)11-5-3-8(10-11)4-6-12(14)15/h3-7H,1-2H3/b6-4+. The molecule has 7 heteroatoms. The third-order valence-electron chi connectivity index (χ3n) is 1.94. The van der Waals surface area contributed by atoms with Crippen molar-refractivity contribution in [1.82, 2.24) is 9.78 Å². The molecular weight excluding hydrogens is 214 g/mol. The zero-order valence-electron chi connectivity index (χ0n) is 8.86. The number of hydrogen-bond donors (Lipinski definition) is 0. The van der Waals surface area contributed by atoms with E-state index in [4.69, 9.17) is 0 Å². The van der Waals surface area contributed by atoms with Gasteiger partial charge in [0.25, 0.3) is 0 Å². The number of ether oxygens (including phenoxy) is 1. The Kier molecular flexibility index (Phi) is 3.76. The molecule has 0 fully saturated rings. The molecule has 1 atom stereocenters. The molecule has 0 aliphatic heterocycles. The molecule has 1 rings (SSSR count). The van der Waals surface area contributed by atoms with Crippen LogP contribution in [0.2, 0.25) is 0 Å². The number of carbonyl (C=O) groups is 1. The van der Waals surface area contributed by atoms with Gasteiger partial charge in [0.15, 0.2) is 0 Å². The lowest BCUT2D eigenvalue weighted by Crippen LogP contribution is -2.18. The van der Waals surface area contributed by atoms with Crippen LogP contribution in [0.3, 0.4) is 0 Å². The van der Waals surface area contributed by atoms with E-state index < -0.39 is 16.9 Å². The number of nitrogens with zero attached hydrogens (tertiary/aromatic N) is 3. The maximum absolute atomic E-state index is 11.2. The van der Waals surface area contributed by atoms with E-state index in [1.165, 1.54) is 17.9 Å². The molecule has 7 nitrogen and oxygen atoms in total. The van der Waals surface area contributed by atoms with Gasteiger partial charge in [0.05, 0.1) is 17.7 Å². The third-order valence-corrected chi connectivity index (χ3v) is 1.94. The highest BCUT2D eigenvalue weighted by Gasteiger charge is 2.15. The van der Waals surface area contributed by atoms with Gasteiger partial charge >= 0.3 is 5.97 Å². The summed E-state index contributed by atoms with van der Waals surface area (Å²) in [6.45, 7) is 1.62. The zero-order valence-corrected chi connectivity index (χ0v) is 8.86. The Morgan fingerprint density at radius 3 is 3.00 bits per heavy atom. The van der Waals surface area contributed by atoms with E-state index in [0.717, 1.165) is 6.20 Å². The van der Waals surface area contributed by atoms with Gasteiger partial charge in [-0.1, -0.05) is 0 Å². The number of rotatable bonds is 4. The molecule has 0 bridgehead atoms. The summed E-state index contributed by atoms with van der Waals surface area (Å²) in [5.41, 5.74) is 0.410. The molecule has 0 saturated carbocycles. The second-order valence-corrected chi connectivity index (χ2v) is 3.02. The maximum atomic E-state index is 11.2. The van der Waals surface area contributed by atoms with Gasteiger partial charge in [0.1, 0.15) is 6.04 Å². The molecule has 1 heterocycles. The van der Waals surface area contributed by atoms with Crippen molar-refractivity contribution in [2.24, 2.45) is 0 Å². The van der Waals surface area contributed by atoms with Gasteiger partial charge in [-0.25, -0.2) is 4.79 Å². The zero-order chi connectivity index (χ0) is 12.1. The van der Waals surface area contributed by atoms with E-state index in [0.29, 0.717) is 5.69 Å². The predicted octanol–water partition coefficient (Wildman–Crippen LogP) is 0.864. The third kappa shape index (κ3) is 2.91. The average molecular weight is 225 g/mol. The number of hydrogen-bond acceptors (Lipinski definition) is 5. The van der Waals surface area contributed by atoms with E-state index in [1.807, 2.05) is 0 Å². The average Bonchev–Trinajstić information content (AvgIpc) is 2.72. The van der Waals surface area contributed by atoms with Crippen LogP contribution in [0.25, 0.3) is 6.08 Å². The second kappa shape index (κ2) is 5.06. The highest BCUT2D eigenvalue weighted by Crippen LogP contribution is 2.08. The SMILES string of the molecule is COC(=O)C(C)n1ccc(/C=C/[N+](=O)[O-])n1. The van der Waals surface area contributed by atoms with Crippen LogP contribution in [0.4, 0.5) is 0 Å². The van der Waals surface area contributed by atoms with Crippen molar-refractivity contribution in [3.8, 4) is 0 Å². The minimum Gasteiger partial charge on any atom is -0.467 e. The number of methoxy groups -OCH3 is 1.